The maximum absolute atomic E-state index is 6.01. The highest BCUT2D eigenvalue weighted by Crippen LogP contribution is 2.40. The average molecular weight is 520 g/mol. The van der Waals surface area contributed by atoms with Crippen LogP contribution in [0.25, 0.3) is 11.4 Å². The second-order valence-corrected chi connectivity index (χ2v) is 10.8. The minimum absolute atomic E-state index is 0.0121. The SMILES string of the molecule is CCN(CC)CCCNc1nc(-c2cccc(C(Cl)(Cl)Cl)c2)nc(C(Cl)(Cl)Cl)n1. The third-order valence-corrected chi connectivity index (χ3v) is 5.33. The summed E-state index contributed by atoms with van der Waals surface area (Å²) in [5.41, 5.74) is 1.09. The molecule has 0 radical (unpaired) electrons. The van der Waals surface area contributed by atoms with Gasteiger partial charge in [-0.05, 0) is 32.1 Å². The Morgan fingerprint density at radius 1 is 0.931 bits per heavy atom. The predicted octanol–water partition coefficient (Wildman–Crippen LogP) is 6.34. The topological polar surface area (TPSA) is 53.9 Å². The van der Waals surface area contributed by atoms with Crippen LogP contribution >= 0.6 is 69.6 Å². The zero-order valence-corrected chi connectivity index (χ0v) is 20.4. The van der Waals surface area contributed by atoms with Crippen LogP contribution in [0.1, 0.15) is 31.7 Å². The van der Waals surface area contributed by atoms with E-state index in [-0.39, 0.29) is 5.82 Å². The number of hydrogen-bond donors (Lipinski definition) is 1. The van der Waals surface area contributed by atoms with Crippen molar-refractivity contribution in [1.29, 1.82) is 0 Å². The van der Waals surface area contributed by atoms with Gasteiger partial charge in [0.1, 0.15) is 0 Å². The van der Waals surface area contributed by atoms with Gasteiger partial charge in [-0.25, -0.2) is 4.98 Å². The van der Waals surface area contributed by atoms with Crippen LogP contribution in [0, 0.1) is 0 Å². The van der Waals surface area contributed by atoms with Gasteiger partial charge in [0, 0.05) is 17.7 Å². The summed E-state index contributed by atoms with van der Waals surface area (Å²) in [7, 11) is 0. The first-order valence-corrected chi connectivity index (χ1v) is 11.3. The standard InChI is InChI=1S/C18H21Cl6N5/c1-3-29(4-2)10-6-9-25-16-27-14(26-15(28-16)18(22,23)24)12-7-5-8-13(11-12)17(19,20)21/h5,7-8,11H,3-4,6,9-10H2,1-2H3,(H,25,26,27,28). The molecular formula is C18H21Cl6N5. The molecule has 0 aliphatic heterocycles. The van der Waals surface area contributed by atoms with Crippen molar-refractivity contribution in [3.8, 4) is 11.4 Å². The van der Waals surface area contributed by atoms with Crippen molar-refractivity contribution in [3.63, 3.8) is 0 Å². The molecule has 1 aromatic carbocycles. The van der Waals surface area contributed by atoms with Gasteiger partial charge in [-0.15, -0.1) is 0 Å². The normalized spacial score (nSPS) is 12.4. The molecule has 0 unspecified atom stereocenters. The fourth-order valence-corrected chi connectivity index (χ4v) is 3.19. The number of nitrogens with one attached hydrogen (secondary N) is 1. The largest absolute Gasteiger partial charge is 0.354 e. The van der Waals surface area contributed by atoms with Crippen molar-refractivity contribution >= 4 is 75.6 Å². The van der Waals surface area contributed by atoms with Gasteiger partial charge in [0.05, 0.1) is 0 Å². The lowest BCUT2D eigenvalue weighted by Crippen LogP contribution is -2.25. The Bertz CT molecular complexity index is 802. The number of rotatable bonds is 8. The van der Waals surface area contributed by atoms with Crippen LogP contribution in [0.3, 0.4) is 0 Å². The van der Waals surface area contributed by atoms with E-state index >= 15 is 0 Å². The summed E-state index contributed by atoms with van der Waals surface area (Å²) in [5, 5.41) is 3.17. The first kappa shape index (κ1) is 25.0. The molecule has 2 aromatic rings. The summed E-state index contributed by atoms with van der Waals surface area (Å²) < 4.78 is -3.38. The molecule has 2 rings (SSSR count). The summed E-state index contributed by atoms with van der Waals surface area (Å²) in [6, 6.07) is 6.89. The van der Waals surface area contributed by atoms with E-state index in [1.807, 2.05) is 0 Å². The van der Waals surface area contributed by atoms with E-state index in [1.165, 1.54) is 0 Å². The van der Waals surface area contributed by atoms with Crippen LogP contribution in [0.2, 0.25) is 0 Å². The molecule has 1 N–H and O–H groups in total. The second-order valence-electron chi connectivity index (χ2n) is 6.19. The zero-order chi connectivity index (χ0) is 21.7. The van der Waals surface area contributed by atoms with E-state index in [4.69, 9.17) is 69.6 Å². The summed E-state index contributed by atoms with van der Waals surface area (Å²) >= 11 is 36.0. The summed E-state index contributed by atoms with van der Waals surface area (Å²) in [4.78, 5) is 15.3. The smallest absolute Gasteiger partial charge is 0.250 e. The maximum atomic E-state index is 6.01. The molecule has 0 saturated carbocycles. The van der Waals surface area contributed by atoms with E-state index in [1.54, 1.807) is 24.3 Å². The monoisotopic (exact) mass is 517 g/mol. The molecule has 0 aliphatic rings. The number of benzene rings is 1. The van der Waals surface area contributed by atoms with Crippen LogP contribution in [-0.4, -0.2) is 46.0 Å². The molecule has 11 heteroatoms. The molecule has 0 fully saturated rings. The number of nitrogens with zero attached hydrogens (tertiary/aromatic N) is 4. The summed E-state index contributed by atoms with van der Waals surface area (Å²) in [6.07, 6.45) is 0.911. The lowest BCUT2D eigenvalue weighted by molar-refractivity contribution is 0.303. The molecule has 0 amide bonds. The van der Waals surface area contributed by atoms with Crippen molar-refractivity contribution in [3.05, 3.63) is 35.7 Å². The summed E-state index contributed by atoms with van der Waals surface area (Å²) in [6.45, 7) is 7.89. The Balaban J connectivity index is 2.28. The van der Waals surface area contributed by atoms with Gasteiger partial charge in [0.15, 0.2) is 11.6 Å². The number of hydrogen-bond acceptors (Lipinski definition) is 5. The van der Waals surface area contributed by atoms with E-state index in [0.717, 1.165) is 26.1 Å². The fourth-order valence-electron chi connectivity index (χ4n) is 2.59. The Morgan fingerprint density at radius 2 is 1.62 bits per heavy atom. The quantitative estimate of drug-likeness (QED) is 0.326. The van der Waals surface area contributed by atoms with Crippen molar-refractivity contribution in [2.75, 3.05) is 31.5 Å². The average Bonchev–Trinajstić information content (AvgIpc) is 2.66. The van der Waals surface area contributed by atoms with Gasteiger partial charge in [-0.2, -0.15) is 9.97 Å². The van der Waals surface area contributed by atoms with Gasteiger partial charge in [0.25, 0.3) is 0 Å². The van der Waals surface area contributed by atoms with Crippen LogP contribution in [0.5, 0.6) is 0 Å². The number of anilines is 1. The predicted molar refractivity (Wildman–Crippen MR) is 125 cm³/mol. The maximum Gasteiger partial charge on any atom is 0.250 e. The van der Waals surface area contributed by atoms with E-state index < -0.39 is 7.59 Å². The van der Waals surface area contributed by atoms with Crippen molar-refractivity contribution in [2.24, 2.45) is 0 Å². The molecular weight excluding hydrogens is 499 g/mol. The summed E-state index contributed by atoms with van der Waals surface area (Å²) in [5.74, 6) is 0.636. The number of alkyl halides is 6. The van der Waals surface area contributed by atoms with Crippen molar-refractivity contribution in [1.82, 2.24) is 19.9 Å². The Hall–Kier alpha value is -0.270. The third kappa shape index (κ3) is 7.73. The highest BCUT2D eigenvalue weighted by atomic mass is 35.6. The molecule has 1 heterocycles. The van der Waals surface area contributed by atoms with Crippen LogP contribution in [0.4, 0.5) is 5.95 Å². The molecule has 0 bridgehead atoms. The number of aromatic nitrogens is 3. The van der Waals surface area contributed by atoms with E-state index in [0.29, 0.717) is 29.4 Å². The zero-order valence-electron chi connectivity index (χ0n) is 15.9. The highest BCUT2D eigenvalue weighted by molar-refractivity contribution is 6.67. The minimum Gasteiger partial charge on any atom is -0.354 e. The van der Waals surface area contributed by atoms with Gasteiger partial charge in [0.2, 0.25) is 13.5 Å². The van der Waals surface area contributed by atoms with Crippen LogP contribution in [0.15, 0.2) is 24.3 Å². The minimum atomic E-state index is -1.80. The first-order chi connectivity index (χ1) is 13.5. The molecule has 0 aliphatic carbocycles. The van der Waals surface area contributed by atoms with Gasteiger partial charge in [-0.1, -0.05) is 102 Å². The highest BCUT2D eigenvalue weighted by Gasteiger charge is 2.29. The molecule has 29 heavy (non-hydrogen) atoms. The molecule has 0 spiro atoms. The van der Waals surface area contributed by atoms with Crippen molar-refractivity contribution in [2.45, 2.75) is 27.9 Å². The van der Waals surface area contributed by atoms with Gasteiger partial charge in [-0.3, -0.25) is 0 Å². The Morgan fingerprint density at radius 3 is 2.21 bits per heavy atom. The molecule has 160 valence electrons. The van der Waals surface area contributed by atoms with Gasteiger partial charge < -0.3 is 10.2 Å². The second kappa shape index (κ2) is 10.9. The Labute approximate surface area is 201 Å². The molecule has 1 aromatic heterocycles. The fraction of sp³-hybridized carbons (Fsp3) is 0.500. The lowest BCUT2D eigenvalue weighted by atomic mass is 10.1. The molecule has 5 nitrogen and oxygen atoms in total. The molecule has 0 saturated heterocycles. The Kier molecular flexibility index (Phi) is 9.35. The van der Waals surface area contributed by atoms with Gasteiger partial charge >= 0.3 is 0 Å². The lowest BCUT2D eigenvalue weighted by Gasteiger charge is -2.18. The van der Waals surface area contributed by atoms with E-state index in [9.17, 15) is 0 Å². The van der Waals surface area contributed by atoms with Crippen LogP contribution < -0.4 is 5.32 Å². The third-order valence-electron chi connectivity index (χ3n) is 4.17. The van der Waals surface area contributed by atoms with E-state index in [2.05, 4.69) is 39.0 Å². The molecule has 0 atom stereocenters. The number of halogens is 6. The van der Waals surface area contributed by atoms with Crippen molar-refractivity contribution < 1.29 is 0 Å². The first-order valence-electron chi connectivity index (χ1n) is 9.01. The van der Waals surface area contributed by atoms with Crippen LogP contribution in [-0.2, 0) is 7.59 Å².